The van der Waals surface area contributed by atoms with E-state index in [1.165, 1.54) is 20.0 Å². The predicted octanol–water partition coefficient (Wildman–Crippen LogP) is 0.368. The summed E-state index contributed by atoms with van der Waals surface area (Å²) in [6.07, 6.45) is -1.52. The number of hydrogen-bond donors (Lipinski definition) is 1. The molecule has 140 valence electrons. The van der Waals surface area contributed by atoms with Crippen LogP contribution in [0.25, 0.3) is 0 Å². The van der Waals surface area contributed by atoms with Gasteiger partial charge in [-0.3, -0.25) is 14.2 Å². The van der Waals surface area contributed by atoms with Gasteiger partial charge in [0.2, 0.25) is 0 Å². The standard InChI is InChI=1S/C17H21N3O6/c1-5-6-7-12-8-20(17(23)19-15(12)18)16-14(26-11(4)22)13(9(2)24-16)25-10(3)21/h8-9,13-14,16H,5H2,1-4H3,(H2,18,19,23)/t9-,13-,14-,16-/m1/s1. The summed E-state index contributed by atoms with van der Waals surface area (Å²) in [6.45, 7) is 5.97. The van der Waals surface area contributed by atoms with Gasteiger partial charge >= 0.3 is 17.6 Å². The van der Waals surface area contributed by atoms with Crippen LogP contribution >= 0.6 is 0 Å². The Morgan fingerprint density at radius 2 is 1.92 bits per heavy atom. The van der Waals surface area contributed by atoms with Crippen molar-refractivity contribution >= 4 is 17.8 Å². The van der Waals surface area contributed by atoms with Crippen LogP contribution in [0.2, 0.25) is 0 Å². The fraction of sp³-hybridized carbons (Fsp3) is 0.529. The molecule has 1 fully saturated rings. The Bertz CT molecular complexity index is 822. The molecule has 0 saturated carbocycles. The molecule has 2 N–H and O–H groups in total. The second kappa shape index (κ2) is 8.01. The fourth-order valence-corrected chi connectivity index (χ4v) is 2.64. The highest BCUT2D eigenvalue weighted by Crippen LogP contribution is 2.33. The van der Waals surface area contributed by atoms with Gasteiger partial charge in [-0.15, -0.1) is 0 Å². The van der Waals surface area contributed by atoms with Crippen LogP contribution in [0.5, 0.6) is 0 Å². The number of nitrogen functional groups attached to an aromatic ring is 1. The molecule has 2 heterocycles. The molecular formula is C17H21N3O6. The molecule has 0 unspecified atom stereocenters. The molecule has 0 amide bonds. The first kappa shape index (κ1) is 19.5. The molecule has 9 nitrogen and oxygen atoms in total. The Kier molecular flexibility index (Phi) is 6.00. The molecule has 2 rings (SSSR count). The summed E-state index contributed by atoms with van der Waals surface area (Å²) in [5.41, 5.74) is 5.40. The maximum Gasteiger partial charge on any atom is 0.351 e. The summed E-state index contributed by atoms with van der Waals surface area (Å²) in [7, 11) is 0. The predicted molar refractivity (Wildman–Crippen MR) is 90.8 cm³/mol. The molecule has 4 atom stereocenters. The molecule has 0 aliphatic carbocycles. The number of ether oxygens (including phenoxy) is 3. The Morgan fingerprint density at radius 1 is 1.31 bits per heavy atom. The van der Waals surface area contributed by atoms with Crippen molar-refractivity contribution in [3.05, 3.63) is 22.2 Å². The lowest BCUT2D eigenvalue weighted by atomic mass is 10.1. The number of hydrogen-bond acceptors (Lipinski definition) is 8. The SMILES string of the molecule is CCC#Cc1cn([C@@H]2O[C@H](C)[C@@H](OC(C)=O)[C@H]2OC(C)=O)c(=O)nc1N. The van der Waals surface area contributed by atoms with Gasteiger partial charge in [0.1, 0.15) is 5.82 Å². The molecule has 26 heavy (non-hydrogen) atoms. The summed E-state index contributed by atoms with van der Waals surface area (Å²) in [4.78, 5) is 38.9. The quantitative estimate of drug-likeness (QED) is 0.603. The molecule has 0 bridgehead atoms. The van der Waals surface area contributed by atoms with E-state index in [0.717, 1.165) is 4.57 Å². The second-order valence-electron chi connectivity index (χ2n) is 5.76. The van der Waals surface area contributed by atoms with E-state index in [4.69, 9.17) is 19.9 Å². The highest BCUT2D eigenvalue weighted by molar-refractivity contribution is 5.67. The maximum atomic E-state index is 12.3. The van der Waals surface area contributed by atoms with E-state index in [1.54, 1.807) is 6.92 Å². The topological polar surface area (TPSA) is 123 Å². The van der Waals surface area contributed by atoms with E-state index < -0.39 is 42.2 Å². The van der Waals surface area contributed by atoms with E-state index >= 15 is 0 Å². The zero-order valence-electron chi connectivity index (χ0n) is 15.0. The van der Waals surface area contributed by atoms with Gasteiger partial charge in [-0.05, 0) is 6.92 Å². The Labute approximate surface area is 150 Å². The highest BCUT2D eigenvalue weighted by Gasteiger charge is 2.48. The van der Waals surface area contributed by atoms with E-state index in [0.29, 0.717) is 12.0 Å². The van der Waals surface area contributed by atoms with Crippen LogP contribution in [0.3, 0.4) is 0 Å². The van der Waals surface area contributed by atoms with E-state index in [1.807, 2.05) is 6.92 Å². The smallest absolute Gasteiger partial charge is 0.351 e. The molecule has 1 aliphatic heterocycles. The molecule has 0 radical (unpaired) electrons. The molecule has 9 heteroatoms. The fourth-order valence-electron chi connectivity index (χ4n) is 2.64. The number of rotatable bonds is 3. The van der Waals surface area contributed by atoms with Crippen molar-refractivity contribution in [1.29, 1.82) is 0 Å². The van der Waals surface area contributed by atoms with Gasteiger partial charge in [-0.25, -0.2) is 4.79 Å². The highest BCUT2D eigenvalue weighted by atomic mass is 16.6. The van der Waals surface area contributed by atoms with Crippen molar-refractivity contribution in [2.75, 3.05) is 5.73 Å². The van der Waals surface area contributed by atoms with Crippen LogP contribution in [0.1, 0.15) is 45.9 Å². The number of carbonyl (C=O) groups is 2. The van der Waals surface area contributed by atoms with E-state index in [2.05, 4.69) is 16.8 Å². The van der Waals surface area contributed by atoms with Crippen molar-refractivity contribution in [3.63, 3.8) is 0 Å². The van der Waals surface area contributed by atoms with E-state index in [9.17, 15) is 14.4 Å². The zero-order chi connectivity index (χ0) is 19.4. The Balaban J connectivity index is 2.49. The van der Waals surface area contributed by atoms with Gasteiger partial charge in [0.05, 0.1) is 11.7 Å². The summed E-state index contributed by atoms with van der Waals surface area (Å²) in [6, 6.07) is 0. The van der Waals surface area contributed by atoms with Crippen LogP contribution in [0.4, 0.5) is 5.82 Å². The first-order valence-electron chi connectivity index (χ1n) is 8.12. The van der Waals surface area contributed by atoms with Crippen molar-refractivity contribution in [2.45, 2.75) is 58.7 Å². The summed E-state index contributed by atoms with van der Waals surface area (Å²) in [5.74, 6) is 4.51. The lowest BCUT2D eigenvalue weighted by molar-refractivity contribution is -0.165. The minimum Gasteiger partial charge on any atom is -0.456 e. The van der Waals surface area contributed by atoms with Crippen LogP contribution in [0, 0.1) is 11.8 Å². The molecule has 1 saturated heterocycles. The average Bonchev–Trinajstić information content (AvgIpc) is 2.82. The lowest BCUT2D eigenvalue weighted by Crippen LogP contribution is -2.40. The van der Waals surface area contributed by atoms with Gasteiger partial charge in [0.25, 0.3) is 0 Å². The van der Waals surface area contributed by atoms with E-state index in [-0.39, 0.29) is 5.82 Å². The monoisotopic (exact) mass is 363 g/mol. The third-order valence-electron chi connectivity index (χ3n) is 3.68. The van der Waals surface area contributed by atoms with Gasteiger partial charge < -0.3 is 19.9 Å². The van der Waals surface area contributed by atoms with Gasteiger partial charge in [-0.2, -0.15) is 4.98 Å². The third kappa shape index (κ3) is 4.21. The van der Waals surface area contributed by atoms with Crippen molar-refractivity contribution in [1.82, 2.24) is 9.55 Å². The minimum atomic E-state index is -1.03. The molecule has 0 spiro atoms. The number of carbonyl (C=O) groups excluding carboxylic acids is 2. The number of esters is 2. The first-order valence-corrected chi connectivity index (χ1v) is 8.12. The summed E-state index contributed by atoms with van der Waals surface area (Å²) in [5, 5.41) is 0. The third-order valence-corrected chi connectivity index (χ3v) is 3.68. The molecule has 0 aromatic carbocycles. The summed E-state index contributed by atoms with van der Waals surface area (Å²) >= 11 is 0. The van der Waals surface area contributed by atoms with Crippen LogP contribution in [0.15, 0.2) is 11.0 Å². The Morgan fingerprint density at radius 3 is 2.50 bits per heavy atom. The number of nitrogens with two attached hydrogens (primary N) is 1. The van der Waals surface area contributed by atoms with Crippen molar-refractivity contribution < 1.29 is 23.8 Å². The largest absolute Gasteiger partial charge is 0.456 e. The van der Waals surface area contributed by atoms with Gasteiger partial charge in [0, 0.05) is 26.5 Å². The molecule has 1 aliphatic rings. The molecule has 1 aromatic rings. The maximum absolute atomic E-state index is 12.3. The second-order valence-corrected chi connectivity index (χ2v) is 5.76. The lowest BCUT2D eigenvalue weighted by Gasteiger charge is -2.23. The van der Waals surface area contributed by atoms with Crippen molar-refractivity contribution in [3.8, 4) is 11.8 Å². The Hall–Kier alpha value is -2.86. The number of aromatic nitrogens is 2. The normalized spacial score (nSPS) is 24.5. The summed E-state index contributed by atoms with van der Waals surface area (Å²) < 4.78 is 17.4. The molecule has 1 aromatic heterocycles. The van der Waals surface area contributed by atoms with Crippen LogP contribution in [-0.4, -0.2) is 39.8 Å². The number of anilines is 1. The first-order chi connectivity index (χ1) is 12.2. The van der Waals surface area contributed by atoms with Crippen LogP contribution in [-0.2, 0) is 23.8 Å². The van der Waals surface area contributed by atoms with Crippen LogP contribution < -0.4 is 11.4 Å². The minimum absolute atomic E-state index is 0.00109. The van der Waals surface area contributed by atoms with Crippen molar-refractivity contribution in [2.24, 2.45) is 0 Å². The van der Waals surface area contributed by atoms with Gasteiger partial charge in [-0.1, -0.05) is 18.8 Å². The van der Waals surface area contributed by atoms with Gasteiger partial charge in [0.15, 0.2) is 18.4 Å². The average molecular weight is 363 g/mol. The molecular weight excluding hydrogens is 342 g/mol. The number of nitrogens with zero attached hydrogens (tertiary/aromatic N) is 2. The zero-order valence-corrected chi connectivity index (χ0v) is 15.0.